The summed E-state index contributed by atoms with van der Waals surface area (Å²) in [5.74, 6) is 0.982. The van der Waals surface area contributed by atoms with Gasteiger partial charge in [0.1, 0.15) is 17.4 Å². The largest absolute Gasteiger partial charge is 0.490 e. The second-order valence-electron chi connectivity index (χ2n) is 7.24. The summed E-state index contributed by atoms with van der Waals surface area (Å²) in [5, 5.41) is 7.21. The van der Waals surface area contributed by atoms with Gasteiger partial charge in [-0.15, -0.1) is 0 Å². The molecule has 2 aromatic carbocycles. The minimum absolute atomic E-state index is 0.183. The molecule has 0 saturated carbocycles. The highest BCUT2D eigenvalue weighted by Crippen LogP contribution is 2.34. The van der Waals surface area contributed by atoms with Crippen molar-refractivity contribution in [2.24, 2.45) is 0 Å². The summed E-state index contributed by atoms with van der Waals surface area (Å²) >= 11 is 0. The Labute approximate surface area is 165 Å². The normalized spacial score (nSPS) is 14.9. The molecule has 0 bridgehead atoms. The third kappa shape index (κ3) is 4.04. The van der Waals surface area contributed by atoms with Gasteiger partial charge in [-0.1, -0.05) is 36.4 Å². The van der Waals surface area contributed by atoms with Crippen LogP contribution in [0.25, 0.3) is 11.0 Å². The smallest absolute Gasteiger partial charge is 0.287 e. The molecule has 0 unspecified atom stereocenters. The molecule has 0 atom stereocenters. The van der Waals surface area contributed by atoms with E-state index < -0.39 is 0 Å². The van der Waals surface area contributed by atoms with Crippen LogP contribution in [-0.4, -0.2) is 31.6 Å². The Morgan fingerprint density at radius 2 is 1.93 bits per heavy atom. The van der Waals surface area contributed by atoms with Crippen LogP contribution in [0, 0.1) is 6.92 Å². The van der Waals surface area contributed by atoms with E-state index in [4.69, 9.17) is 9.15 Å². The average molecular weight is 378 g/mol. The van der Waals surface area contributed by atoms with Crippen LogP contribution >= 0.6 is 0 Å². The molecule has 1 aromatic heterocycles. The number of hydrogen-bond donors (Lipinski definition) is 2. The molecule has 1 amide bonds. The van der Waals surface area contributed by atoms with Gasteiger partial charge in [-0.05, 0) is 57.0 Å². The first-order valence-corrected chi connectivity index (χ1v) is 9.94. The number of aryl methyl sites for hydroxylation is 1. The maximum atomic E-state index is 12.7. The van der Waals surface area contributed by atoms with Crippen LogP contribution in [0.4, 0.5) is 0 Å². The van der Waals surface area contributed by atoms with Crippen LogP contribution in [0.2, 0.25) is 0 Å². The van der Waals surface area contributed by atoms with Gasteiger partial charge in [-0.25, -0.2) is 0 Å². The van der Waals surface area contributed by atoms with Crippen LogP contribution in [0.15, 0.2) is 52.9 Å². The SMILES string of the molecule is Cc1c(C(=O)NCCc2ccccc2)oc2cccc(OC3CCNCC3)c12. The Morgan fingerprint density at radius 3 is 2.71 bits per heavy atom. The van der Waals surface area contributed by atoms with Crippen molar-refractivity contribution in [3.8, 4) is 5.75 Å². The molecule has 2 N–H and O–H groups in total. The first-order valence-electron chi connectivity index (χ1n) is 9.94. The standard InChI is InChI=1S/C23H26N2O3/c1-16-21-19(27-18-11-13-24-14-12-18)8-5-9-20(21)28-22(16)23(26)25-15-10-17-6-3-2-4-7-17/h2-9,18,24H,10-15H2,1H3,(H,25,26). The molecular formula is C23H26N2O3. The molecule has 1 aliphatic heterocycles. The van der Waals surface area contributed by atoms with E-state index in [-0.39, 0.29) is 12.0 Å². The van der Waals surface area contributed by atoms with Gasteiger partial charge in [-0.3, -0.25) is 4.79 Å². The van der Waals surface area contributed by atoms with E-state index in [1.807, 2.05) is 43.3 Å². The second kappa shape index (κ2) is 8.48. The van der Waals surface area contributed by atoms with Gasteiger partial charge in [0.25, 0.3) is 5.91 Å². The van der Waals surface area contributed by atoms with Gasteiger partial charge < -0.3 is 19.8 Å². The summed E-state index contributed by atoms with van der Waals surface area (Å²) in [5.41, 5.74) is 2.72. The highest BCUT2D eigenvalue weighted by atomic mass is 16.5. The van der Waals surface area contributed by atoms with Crippen molar-refractivity contribution >= 4 is 16.9 Å². The molecule has 0 aliphatic carbocycles. The van der Waals surface area contributed by atoms with Crippen molar-refractivity contribution in [1.29, 1.82) is 0 Å². The van der Waals surface area contributed by atoms with Crippen LogP contribution in [0.3, 0.4) is 0 Å². The molecule has 1 saturated heterocycles. The molecule has 0 radical (unpaired) electrons. The number of benzene rings is 2. The Bertz CT molecular complexity index is 943. The fourth-order valence-electron chi connectivity index (χ4n) is 3.72. The molecule has 4 rings (SSSR count). The molecule has 146 valence electrons. The summed E-state index contributed by atoms with van der Waals surface area (Å²) in [6.07, 6.45) is 2.96. The van der Waals surface area contributed by atoms with Crippen molar-refractivity contribution in [3.63, 3.8) is 0 Å². The van der Waals surface area contributed by atoms with Gasteiger partial charge in [0.2, 0.25) is 0 Å². The van der Waals surface area contributed by atoms with Crippen molar-refractivity contribution in [2.45, 2.75) is 32.3 Å². The summed E-state index contributed by atoms with van der Waals surface area (Å²) in [4.78, 5) is 12.7. The number of fused-ring (bicyclic) bond motifs is 1. The van der Waals surface area contributed by atoms with Crippen molar-refractivity contribution in [2.75, 3.05) is 19.6 Å². The van der Waals surface area contributed by atoms with Gasteiger partial charge in [0.05, 0.1) is 5.39 Å². The summed E-state index contributed by atoms with van der Waals surface area (Å²) in [6.45, 7) is 4.44. The second-order valence-corrected chi connectivity index (χ2v) is 7.24. The topological polar surface area (TPSA) is 63.5 Å². The Balaban J connectivity index is 1.48. The summed E-state index contributed by atoms with van der Waals surface area (Å²) in [6, 6.07) is 15.9. The number of carbonyl (C=O) groups is 1. The highest BCUT2D eigenvalue weighted by molar-refractivity contribution is 6.00. The van der Waals surface area contributed by atoms with Crippen LogP contribution in [0.5, 0.6) is 5.75 Å². The lowest BCUT2D eigenvalue weighted by Gasteiger charge is -2.24. The van der Waals surface area contributed by atoms with Crippen LogP contribution in [0.1, 0.15) is 34.5 Å². The summed E-state index contributed by atoms with van der Waals surface area (Å²) in [7, 11) is 0. The number of carbonyl (C=O) groups excluding carboxylic acids is 1. The van der Waals surface area contributed by atoms with E-state index >= 15 is 0 Å². The Hall–Kier alpha value is -2.79. The van der Waals surface area contributed by atoms with E-state index in [1.165, 1.54) is 5.56 Å². The van der Waals surface area contributed by atoms with Crippen molar-refractivity contribution in [1.82, 2.24) is 10.6 Å². The number of amides is 1. The van der Waals surface area contributed by atoms with Gasteiger partial charge in [0, 0.05) is 12.1 Å². The molecule has 1 aliphatic rings. The zero-order valence-corrected chi connectivity index (χ0v) is 16.2. The van der Waals surface area contributed by atoms with E-state index in [9.17, 15) is 4.79 Å². The third-order valence-corrected chi connectivity index (χ3v) is 5.24. The Morgan fingerprint density at radius 1 is 1.14 bits per heavy atom. The number of hydrogen-bond acceptors (Lipinski definition) is 4. The van der Waals surface area contributed by atoms with Gasteiger partial charge in [-0.2, -0.15) is 0 Å². The number of piperidine rings is 1. The quantitative estimate of drug-likeness (QED) is 0.684. The molecular weight excluding hydrogens is 352 g/mol. The lowest BCUT2D eigenvalue weighted by Crippen LogP contribution is -2.34. The summed E-state index contributed by atoms with van der Waals surface area (Å²) < 4.78 is 12.1. The number of rotatable bonds is 6. The van der Waals surface area contributed by atoms with Crippen LogP contribution < -0.4 is 15.4 Å². The van der Waals surface area contributed by atoms with E-state index in [0.717, 1.165) is 49.1 Å². The number of nitrogens with one attached hydrogen (secondary N) is 2. The molecule has 2 heterocycles. The predicted molar refractivity (Wildman–Crippen MR) is 110 cm³/mol. The maximum Gasteiger partial charge on any atom is 0.287 e. The lowest BCUT2D eigenvalue weighted by molar-refractivity contribution is 0.0928. The van der Waals surface area contributed by atoms with Crippen LogP contribution in [-0.2, 0) is 6.42 Å². The first kappa shape index (κ1) is 18.6. The molecule has 1 fully saturated rings. The monoisotopic (exact) mass is 378 g/mol. The average Bonchev–Trinajstić information content (AvgIpc) is 3.07. The van der Waals surface area contributed by atoms with Gasteiger partial charge >= 0.3 is 0 Å². The number of ether oxygens (including phenoxy) is 1. The maximum absolute atomic E-state index is 12.7. The molecule has 0 spiro atoms. The fraction of sp³-hybridized carbons (Fsp3) is 0.348. The minimum atomic E-state index is -0.183. The predicted octanol–water partition coefficient (Wildman–Crippen LogP) is 3.84. The molecule has 3 aromatic rings. The highest BCUT2D eigenvalue weighted by Gasteiger charge is 2.22. The molecule has 5 heteroatoms. The molecule has 5 nitrogen and oxygen atoms in total. The van der Waals surface area contributed by atoms with E-state index in [1.54, 1.807) is 0 Å². The fourth-order valence-corrected chi connectivity index (χ4v) is 3.72. The first-order chi connectivity index (χ1) is 13.7. The number of furan rings is 1. The third-order valence-electron chi connectivity index (χ3n) is 5.24. The van der Waals surface area contributed by atoms with Gasteiger partial charge in [0.15, 0.2) is 5.76 Å². The lowest BCUT2D eigenvalue weighted by atomic mass is 10.1. The Kier molecular flexibility index (Phi) is 5.63. The van der Waals surface area contributed by atoms with E-state index in [0.29, 0.717) is 17.9 Å². The van der Waals surface area contributed by atoms with Crippen molar-refractivity contribution < 1.29 is 13.9 Å². The zero-order valence-electron chi connectivity index (χ0n) is 16.2. The molecule has 28 heavy (non-hydrogen) atoms. The zero-order chi connectivity index (χ0) is 19.3. The van der Waals surface area contributed by atoms with E-state index in [2.05, 4.69) is 22.8 Å². The minimum Gasteiger partial charge on any atom is -0.490 e. The van der Waals surface area contributed by atoms with Crippen molar-refractivity contribution in [3.05, 3.63) is 65.4 Å².